The molecule has 0 saturated heterocycles. The Balaban J connectivity index is 1.96. The smallest absolute Gasteiger partial charge is 0.119 e. The van der Waals surface area contributed by atoms with Crippen LogP contribution in [0.3, 0.4) is 0 Å². The number of ether oxygens (including phenoxy) is 1. The third-order valence-corrected chi connectivity index (χ3v) is 7.34. The molecule has 0 aliphatic carbocycles. The van der Waals surface area contributed by atoms with Gasteiger partial charge in [0.1, 0.15) is 5.75 Å². The van der Waals surface area contributed by atoms with Crippen LogP contribution >= 0.6 is 0 Å². The van der Waals surface area contributed by atoms with Gasteiger partial charge in [0.25, 0.3) is 0 Å². The number of hydrogen-bond donors (Lipinski definition) is 0. The Morgan fingerprint density at radius 2 is 1.61 bits per heavy atom. The molecule has 0 spiro atoms. The highest BCUT2D eigenvalue weighted by Gasteiger charge is 2.16. The first-order valence-electron chi connectivity index (χ1n) is 7.32. The summed E-state index contributed by atoms with van der Waals surface area (Å²) in [6.07, 6.45) is 5.27. The van der Waals surface area contributed by atoms with Gasteiger partial charge in [-0.3, -0.25) is 0 Å². The molecule has 18 heavy (non-hydrogen) atoms. The maximum Gasteiger partial charge on any atom is 0.119 e. The van der Waals surface area contributed by atoms with Crippen molar-refractivity contribution in [3.05, 3.63) is 30.3 Å². The Kier molecular flexibility index (Phi) is 7.10. The predicted molar refractivity (Wildman–Crippen MR) is 83.2 cm³/mol. The number of rotatable bonds is 9. The van der Waals surface area contributed by atoms with Gasteiger partial charge in [-0.25, -0.2) is 0 Å². The molecule has 2 heteroatoms. The molecule has 0 N–H and O–H groups in total. The summed E-state index contributed by atoms with van der Waals surface area (Å²) < 4.78 is 5.68. The summed E-state index contributed by atoms with van der Waals surface area (Å²) in [6.45, 7) is 8.22. The predicted octanol–water partition coefficient (Wildman–Crippen LogP) is 5.35. The molecular formula is C16H28OSi. The van der Waals surface area contributed by atoms with E-state index in [9.17, 15) is 0 Å². The molecule has 102 valence electrons. The first-order valence-corrected chi connectivity index (χ1v) is 10.7. The lowest BCUT2D eigenvalue weighted by Crippen LogP contribution is -2.22. The molecule has 1 nitrogen and oxygen atoms in total. The molecule has 0 heterocycles. The third kappa shape index (κ3) is 6.85. The fourth-order valence-corrected chi connectivity index (χ4v) is 3.50. The van der Waals surface area contributed by atoms with Crippen LogP contribution in [0.5, 0.6) is 5.75 Å². The summed E-state index contributed by atoms with van der Waals surface area (Å²) in [4.78, 5) is 0. The zero-order chi connectivity index (χ0) is 13.3. The second-order valence-corrected chi connectivity index (χ2v) is 11.4. The maximum atomic E-state index is 5.68. The van der Waals surface area contributed by atoms with E-state index >= 15 is 0 Å². The molecule has 0 saturated carbocycles. The van der Waals surface area contributed by atoms with E-state index in [-0.39, 0.29) is 0 Å². The quantitative estimate of drug-likeness (QED) is 0.431. The standard InChI is InChI=1S/C16H28OSi/c1-4-18(2,3)15-11-6-5-10-14-17-16-12-8-7-9-13-16/h7-9,12-13H,4-6,10-11,14-15H2,1-3H3. The molecule has 0 unspecified atom stereocenters. The van der Waals surface area contributed by atoms with Gasteiger partial charge in [-0.15, -0.1) is 0 Å². The van der Waals surface area contributed by atoms with Crippen LogP contribution in [-0.4, -0.2) is 14.7 Å². The van der Waals surface area contributed by atoms with Crippen LogP contribution < -0.4 is 4.74 Å². The minimum atomic E-state index is -0.830. The van der Waals surface area contributed by atoms with Crippen molar-refractivity contribution in [3.8, 4) is 5.75 Å². The fraction of sp³-hybridized carbons (Fsp3) is 0.625. The maximum absolute atomic E-state index is 5.68. The van der Waals surface area contributed by atoms with Crippen molar-refractivity contribution >= 4 is 8.07 Å². The van der Waals surface area contributed by atoms with Crippen LogP contribution in [0.4, 0.5) is 0 Å². The van der Waals surface area contributed by atoms with Gasteiger partial charge in [0, 0.05) is 8.07 Å². The monoisotopic (exact) mass is 264 g/mol. The number of para-hydroxylation sites is 1. The lowest BCUT2D eigenvalue weighted by atomic mass is 10.2. The van der Waals surface area contributed by atoms with Crippen LogP contribution in [0.2, 0.25) is 25.2 Å². The van der Waals surface area contributed by atoms with Crippen molar-refractivity contribution in [1.29, 1.82) is 0 Å². The van der Waals surface area contributed by atoms with E-state index in [4.69, 9.17) is 4.74 Å². The zero-order valence-electron chi connectivity index (χ0n) is 12.2. The van der Waals surface area contributed by atoms with Crippen LogP contribution in [0.1, 0.15) is 32.6 Å². The highest BCUT2D eigenvalue weighted by Crippen LogP contribution is 2.19. The number of unbranched alkanes of at least 4 members (excludes halogenated alkanes) is 3. The van der Waals surface area contributed by atoms with Crippen molar-refractivity contribution in [2.45, 2.75) is 57.8 Å². The molecule has 0 aliphatic rings. The molecule has 1 aromatic carbocycles. The molecule has 1 aromatic rings. The number of hydrogen-bond acceptors (Lipinski definition) is 1. The highest BCUT2D eigenvalue weighted by atomic mass is 28.3. The van der Waals surface area contributed by atoms with Crippen molar-refractivity contribution in [2.24, 2.45) is 0 Å². The van der Waals surface area contributed by atoms with Crippen LogP contribution in [-0.2, 0) is 0 Å². The van der Waals surface area contributed by atoms with Gasteiger partial charge in [0.05, 0.1) is 6.61 Å². The van der Waals surface area contributed by atoms with Crippen molar-refractivity contribution < 1.29 is 4.74 Å². The van der Waals surface area contributed by atoms with E-state index < -0.39 is 8.07 Å². The van der Waals surface area contributed by atoms with Crippen LogP contribution in [0.25, 0.3) is 0 Å². The topological polar surface area (TPSA) is 9.23 Å². The molecule has 0 aromatic heterocycles. The van der Waals surface area contributed by atoms with Gasteiger partial charge in [0.2, 0.25) is 0 Å². The fourth-order valence-electron chi connectivity index (χ4n) is 1.94. The van der Waals surface area contributed by atoms with E-state index in [0.717, 1.165) is 12.4 Å². The normalized spacial score (nSPS) is 11.5. The van der Waals surface area contributed by atoms with Gasteiger partial charge in [-0.2, -0.15) is 0 Å². The van der Waals surface area contributed by atoms with Crippen molar-refractivity contribution in [3.63, 3.8) is 0 Å². The Labute approximate surface area is 114 Å². The second-order valence-electron chi connectivity index (χ2n) is 5.84. The van der Waals surface area contributed by atoms with Gasteiger partial charge in [0.15, 0.2) is 0 Å². The number of benzene rings is 1. The first-order chi connectivity index (χ1) is 8.64. The highest BCUT2D eigenvalue weighted by molar-refractivity contribution is 6.77. The largest absolute Gasteiger partial charge is 0.494 e. The minimum absolute atomic E-state index is 0.830. The minimum Gasteiger partial charge on any atom is -0.494 e. The molecular weight excluding hydrogens is 236 g/mol. The first kappa shape index (κ1) is 15.3. The average Bonchev–Trinajstić information content (AvgIpc) is 2.39. The van der Waals surface area contributed by atoms with Gasteiger partial charge in [-0.05, 0) is 18.6 Å². The van der Waals surface area contributed by atoms with E-state index in [1.165, 1.54) is 37.8 Å². The molecule has 0 fully saturated rings. The van der Waals surface area contributed by atoms with Crippen molar-refractivity contribution in [2.75, 3.05) is 6.61 Å². The third-order valence-electron chi connectivity index (χ3n) is 3.72. The lowest BCUT2D eigenvalue weighted by Gasteiger charge is -2.19. The SMILES string of the molecule is CC[Si](C)(C)CCCCCCOc1ccccc1. The van der Waals surface area contributed by atoms with Crippen molar-refractivity contribution in [1.82, 2.24) is 0 Å². The lowest BCUT2D eigenvalue weighted by molar-refractivity contribution is 0.305. The molecule has 0 radical (unpaired) electrons. The van der Waals surface area contributed by atoms with Crippen LogP contribution in [0.15, 0.2) is 30.3 Å². The Morgan fingerprint density at radius 3 is 2.28 bits per heavy atom. The molecule has 0 atom stereocenters. The summed E-state index contributed by atoms with van der Waals surface area (Å²) in [5.41, 5.74) is 0. The average molecular weight is 264 g/mol. The van der Waals surface area contributed by atoms with E-state index in [1.807, 2.05) is 30.3 Å². The molecule has 0 aliphatic heterocycles. The Morgan fingerprint density at radius 1 is 0.944 bits per heavy atom. The summed E-state index contributed by atoms with van der Waals surface area (Å²) in [7, 11) is -0.830. The Bertz CT molecular complexity index is 308. The molecule has 1 rings (SSSR count). The Hall–Kier alpha value is -0.763. The summed E-state index contributed by atoms with van der Waals surface area (Å²) in [5, 5.41) is 0. The zero-order valence-corrected chi connectivity index (χ0v) is 13.2. The van der Waals surface area contributed by atoms with E-state index in [1.54, 1.807) is 0 Å². The van der Waals surface area contributed by atoms with E-state index in [2.05, 4.69) is 20.0 Å². The molecule has 0 amide bonds. The van der Waals surface area contributed by atoms with Crippen LogP contribution in [0, 0.1) is 0 Å². The van der Waals surface area contributed by atoms with Gasteiger partial charge < -0.3 is 4.74 Å². The summed E-state index contributed by atoms with van der Waals surface area (Å²) in [6, 6.07) is 13.0. The second kappa shape index (κ2) is 8.36. The van der Waals surface area contributed by atoms with Gasteiger partial charge in [-0.1, -0.05) is 69.6 Å². The summed E-state index contributed by atoms with van der Waals surface area (Å²) >= 11 is 0. The molecule has 0 bridgehead atoms. The van der Waals surface area contributed by atoms with Gasteiger partial charge >= 0.3 is 0 Å². The van der Waals surface area contributed by atoms with E-state index in [0.29, 0.717) is 0 Å². The summed E-state index contributed by atoms with van der Waals surface area (Å²) in [5.74, 6) is 0.997.